The van der Waals surface area contributed by atoms with E-state index in [4.69, 9.17) is 5.11 Å². The number of halogens is 1. The van der Waals surface area contributed by atoms with Gasteiger partial charge < -0.3 is 15.7 Å². The number of carboxylic acids is 1. The largest absolute Gasteiger partial charge is 0.480 e. The third-order valence-corrected chi connectivity index (χ3v) is 4.08. The minimum absolute atomic E-state index is 0.110. The molecule has 142 valence electrons. The minimum Gasteiger partial charge on any atom is -0.480 e. The van der Waals surface area contributed by atoms with Crippen molar-refractivity contribution < 1.29 is 23.9 Å². The van der Waals surface area contributed by atoms with Gasteiger partial charge in [0.05, 0.1) is 0 Å². The Labute approximate surface area is 156 Å². The summed E-state index contributed by atoms with van der Waals surface area (Å²) >= 11 is 0. The number of carboxylic acid groups (broad SMARTS) is 1. The number of anilines is 1. The zero-order chi connectivity index (χ0) is 20.0. The first-order valence-corrected chi connectivity index (χ1v) is 8.46. The zero-order valence-electron chi connectivity index (χ0n) is 15.0. The Balaban J connectivity index is 1.94. The van der Waals surface area contributed by atoms with Gasteiger partial charge in [-0.05, 0) is 48.7 Å². The Hall–Kier alpha value is -3.22. The van der Waals surface area contributed by atoms with E-state index in [0.717, 1.165) is 0 Å². The second-order valence-corrected chi connectivity index (χ2v) is 6.29. The summed E-state index contributed by atoms with van der Waals surface area (Å²) in [4.78, 5) is 34.9. The topological polar surface area (TPSA) is 95.5 Å². The van der Waals surface area contributed by atoms with Crippen LogP contribution >= 0.6 is 0 Å². The summed E-state index contributed by atoms with van der Waals surface area (Å²) in [6.07, 6.45) is 0.110. The summed E-state index contributed by atoms with van der Waals surface area (Å²) in [7, 11) is 0. The van der Waals surface area contributed by atoms with Crippen molar-refractivity contribution >= 4 is 23.5 Å². The first kappa shape index (κ1) is 20.1. The van der Waals surface area contributed by atoms with Crippen LogP contribution in [0.5, 0.6) is 0 Å². The molecule has 0 bridgehead atoms. The molecule has 2 aromatic carbocycles. The van der Waals surface area contributed by atoms with Crippen LogP contribution in [0, 0.1) is 5.82 Å². The molecule has 2 unspecified atom stereocenters. The lowest BCUT2D eigenvalue weighted by atomic mass is 9.97. The lowest BCUT2D eigenvalue weighted by molar-refractivity contribution is -0.138. The molecule has 0 aliphatic carbocycles. The van der Waals surface area contributed by atoms with Crippen molar-refractivity contribution in [3.8, 4) is 0 Å². The van der Waals surface area contributed by atoms with Crippen LogP contribution in [0.3, 0.4) is 0 Å². The predicted molar refractivity (Wildman–Crippen MR) is 99.1 cm³/mol. The number of hydrogen-bond donors (Lipinski definition) is 3. The highest BCUT2D eigenvalue weighted by molar-refractivity contribution is 5.97. The molecule has 0 heterocycles. The average Bonchev–Trinajstić information content (AvgIpc) is 2.62. The smallest absolute Gasteiger partial charge is 0.325 e. The van der Waals surface area contributed by atoms with E-state index >= 15 is 0 Å². The monoisotopic (exact) mass is 372 g/mol. The summed E-state index contributed by atoms with van der Waals surface area (Å²) in [5, 5.41) is 13.9. The summed E-state index contributed by atoms with van der Waals surface area (Å²) in [6.45, 7) is 3.14. The Morgan fingerprint density at radius 3 is 2.26 bits per heavy atom. The van der Waals surface area contributed by atoms with Gasteiger partial charge in [-0.15, -0.1) is 0 Å². The molecule has 2 atom stereocenters. The number of nitrogens with one attached hydrogen (secondary N) is 2. The number of hydrogen-bond acceptors (Lipinski definition) is 3. The molecular weight excluding hydrogens is 351 g/mol. The summed E-state index contributed by atoms with van der Waals surface area (Å²) < 4.78 is 13.8. The molecule has 0 saturated heterocycles. The van der Waals surface area contributed by atoms with Crippen molar-refractivity contribution in [3.63, 3.8) is 0 Å². The van der Waals surface area contributed by atoms with Gasteiger partial charge in [-0.1, -0.05) is 25.1 Å². The van der Waals surface area contributed by atoms with Gasteiger partial charge in [-0.3, -0.25) is 14.4 Å². The minimum atomic E-state index is -1.13. The van der Waals surface area contributed by atoms with Crippen molar-refractivity contribution in [3.05, 3.63) is 65.5 Å². The van der Waals surface area contributed by atoms with Crippen molar-refractivity contribution in [2.45, 2.75) is 32.2 Å². The lowest BCUT2D eigenvalue weighted by Crippen LogP contribution is -2.38. The molecule has 0 aliphatic rings. The normalized spacial score (nSPS) is 12.7. The molecule has 6 nitrogen and oxygen atoms in total. The second kappa shape index (κ2) is 8.93. The maximum atomic E-state index is 13.8. The molecule has 2 amide bonds. The molecule has 2 aromatic rings. The van der Waals surface area contributed by atoms with Crippen LogP contribution in [-0.2, 0) is 9.59 Å². The van der Waals surface area contributed by atoms with Gasteiger partial charge in [0.25, 0.3) is 5.91 Å². The summed E-state index contributed by atoms with van der Waals surface area (Å²) in [5.74, 6) is -2.55. The number of amides is 2. The molecule has 0 aromatic heterocycles. The van der Waals surface area contributed by atoms with E-state index in [-0.39, 0.29) is 29.6 Å². The second-order valence-electron chi connectivity index (χ2n) is 6.29. The quantitative estimate of drug-likeness (QED) is 0.696. The number of rotatable bonds is 7. The SMILES string of the molecule is CC(NC(=O)c1ccc(NC(=O)CC(C)c2ccccc2F)cc1)C(=O)O. The van der Waals surface area contributed by atoms with E-state index in [9.17, 15) is 18.8 Å². The summed E-state index contributed by atoms with van der Waals surface area (Å²) in [5.41, 5.74) is 1.25. The highest BCUT2D eigenvalue weighted by atomic mass is 19.1. The van der Waals surface area contributed by atoms with Crippen LogP contribution < -0.4 is 10.6 Å². The molecular formula is C20H21FN2O4. The summed E-state index contributed by atoms with van der Waals surface area (Å²) in [6, 6.07) is 11.4. The van der Waals surface area contributed by atoms with Crippen molar-refractivity contribution in [2.24, 2.45) is 0 Å². The standard InChI is InChI=1S/C20H21FN2O4/c1-12(16-5-3-4-6-17(16)21)11-18(24)23-15-9-7-14(8-10-15)19(25)22-13(2)20(26)27/h3-10,12-13H,11H2,1-2H3,(H,22,25)(H,23,24)(H,26,27). The van der Waals surface area contributed by atoms with E-state index in [2.05, 4.69) is 10.6 Å². The molecule has 0 saturated carbocycles. The number of benzene rings is 2. The van der Waals surface area contributed by atoms with Crippen LogP contribution in [0.25, 0.3) is 0 Å². The molecule has 0 fully saturated rings. The molecule has 2 rings (SSSR count). The third kappa shape index (κ3) is 5.64. The predicted octanol–water partition coefficient (Wildman–Crippen LogP) is 3.16. The van der Waals surface area contributed by atoms with Gasteiger partial charge in [0.1, 0.15) is 11.9 Å². The van der Waals surface area contributed by atoms with E-state index in [1.54, 1.807) is 37.3 Å². The van der Waals surface area contributed by atoms with Crippen molar-refractivity contribution in [1.29, 1.82) is 0 Å². The van der Waals surface area contributed by atoms with Crippen LogP contribution in [0.1, 0.15) is 42.1 Å². The molecule has 3 N–H and O–H groups in total. The van der Waals surface area contributed by atoms with Gasteiger partial charge in [0.15, 0.2) is 0 Å². The van der Waals surface area contributed by atoms with Crippen LogP contribution in [0.15, 0.2) is 48.5 Å². The molecule has 0 radical (unpaired) electrons. The fourth-order valence-corrected chi connectivity index (χ4v) is 2.52. The van der Waals surface area contributed by atoms with Crippen LogP contribution in [0.4, 0.5) is 10.1 Å². The molecule has 0 spiro atoms. The fraction of sp³-hybridized carbons (Fsp3) is 0.250. The Morgan fingerprint density at radius 1 is 1.04 bits per heavy atom. The van der Waals surface area contributed by atoms with Gasteiger partial charge in [0, 0.05) is 17.7 Å². The third-order valence-electron chi connectivity index (χ3n) is 4.08. The maximum absolute atomic E-state index is 13.8. The van der Waals surface area contributed by atoms with Gasteiger partial charge in [-0.2, -0.15) is 0 Å². The number of carbonyl (C=O) groups is 3. The highest BCUT2D eigenvalue weighted by Gasteiger charge is 2.16. The van der Waals surface area contributed by atoms with E-state index < -0.39 is 17.9 Å². The van der Waals surface area contributed by atoms with Crippen molar-refractivity contribution in [1.82, 2.24) is 5.32 Å². The van der Waals surface area contributed by atoms with E-state index in [1.807, 2.05) is 0 Å². The highest BCUT2D eigenvalue weighted by Crippen LogP contribution is 2.22. The fourth-order valence-electron chi connectivity index (χ4n) is 2.52. The van der Waals surface area contributed by atoms with Gasteiger partial charge in [0.2, 0.25) is 5.91 Å². The maximum Gasteiger partial charge on any atom is 0.325 e. The lowest BCUT2D eigenvalue weighted by Gasteiger charge is -2.13. The van der Waals surface area contributed by atoms with E-state index in [1.165, 1.54) is 25.1 Å². The Morgan fingerprint density at radius 2 is 1.67 bits per heavy atom. The van der Waals surface area contributed by atoms with Crippen molar-refractivity contribution in [2.75, 3.05) is 5.32 Å². The zero-order valence-corrected chi connectivity index (χ0v) is 15.0. The van der Waals surface area contributed by atoms with E-state index in [0.29, 0.717) is 11.3 Å². The molecule has 0 aliphatic heterocycles. The van der Waals surface area contributed by atoms with Crippen LogP contribution in [0.2, 0.25) is 0 Å². The first-order chi connectivity index (χ1) is 12.8. The van der Waals surface area contributed by atoms with Gasteiger partial charge >= 0.3 is 5.97 Å². The number of carbonyl (C=O) groups excluding carboxylic acids is 2. The number of aliphatic carboxylic acids is 1. The average molecular weight is 372 g/mol. The van der Waals surface area contributed by atoms with Gasteiger partial charge in [-0.25, -0.2) is 4.39 Å². The first-order valence-electron chi connectivity index (χ1n) is 8.46. The molecule has 7 heteroatoms. The molecule has 27 heavy (non-hydrogen) atoms. The Bertz CT molecular complexity index is 836. The van der Waals surface area contributed by atoms with Crippen LogP contribution in [-0.4, -0.2) is 28.9 Å². The Kier molecular flexibility index (Phi) is 6.65.